The molecular formula is C12H20N2O. The molecule has 1 amide bonds. The molecule has 1 aliphatic rings. The fourth-order valence-corrected chi connectivity index (χ4v) is 1.70. The van der Waals surface area contributed by atoms with Gasteiger partial charge in [-0.15, -0.1) is 0 Å². The Hall–Kier alpha value is -1.09. The van der Waals surface area contributed by atoms with Gasteiger partial charge in [0.25, 0.3) is 0 Å². The van der Waals surface area contributed by atoms with Crippen molar-refractivity contribution in [1.29, 1.82) is 0 Å². The van der Waals surface area contributed by atoms with Crippen molar-refractivity contribution in [3.05, 3.63) is 24.3 Å². The van der Waals surface area contributed by atoms with Crippen LogP contribution in [0.25, 0.3) is 0 Å². The molecule has 0 aromatic heterocycles. The normalized spacial score (nSPS) is 20.9. The number of carbonyl (C=O) groups excluding carboxylic acids is 1. The van der Waals surface area contributed by atoms with Gasteiger partial charge in [0.15, 0.2) is 0 Å². The largest absolute Gasteiger partial charge is 0.347 e. The van der Waals surface area contributed by atoms with Crippen LogP contribution in [-0.4, -0.2) is 24.5 Å². The lowest BCUT2D eigenvalue weighted by atomic mass is 9.90. The number of allylic oxidation sites excluding steroid dienone is 3. The molecule has 15 heavy (non-hydrogen) atoms. The van der Waals surface area contributed by atoms with Gasteiger partial charge in [0, 0.05) is 11.6 Å². The average Bonchev–Trinajstić information content (AvgIpc) is 2.18. The molecule has 0 aromatic carbocycles. The lowest BCUT2D eigenvalue weighted by Gasteiger charge is -2.34. The molecule has 1 saturated heterocycles. The first kappa shape index (κ1) is 12.0. The number of hydrogen-bond acceptors (Lipinski definition) is 2. The van der Waals surface area contributed by atoms with Crippen LogP contribution in [0.5, 0.6) is 0 Å². The van der Waals surface area contributed by atoms with Crippen LogP contribution >= 0.6 is 0 Å². The lowest BCUT2D eigenvalue weighted by Crippen LogP contribution is -2.51. The highest BCUT2D eigenvalue weighted by atomic mass is 16.1. The topological polar surface area (TPSA) is 41.1 Å². The Morgan fingerprint density at radius 1 is 1.33 bits per heavy atom. The van der Waals surface area contributed by atoms with E-state index >= 15 is 0 Å². The molecule has 1 rings (SSSR count). The molecule has 0 aliphatic carbocycles. The van der Waals surface area contributed by atoms with Crippen LogP contribution in [0, 0.1) is 0 Å². The first-order valence-corrected chi connectivity index (χ1v) is 5.48. The van der Waals surface area contributed by atoms with Gasteiger partial charge in [-0.05, 0) is 39.8 Å². The Morgan fingerprint density at radius 2 is 2.00 bits per heavy atom. The van der Waals surface area contributed by atoms with E-state index in [0.29, 0.717) is 0 Å². The SMILES string of the molecule is CC=CC=CC(=O)NC1(C)CCNCC1. The maximum Gasteiger partial charge on any atom is 0.244 e. The third-order valence-electron chi connectivity index (χ3n) is 2.68. The fraction of sp³-hybridized carbons (Fsp3) is 0.583. The van der Waals surface area contributed by atoms with E-state index in [1.165, 1.54) is 0 Å². The van der Waals surface area contributed by atoms with E-state index < -0.39 is 0 Å². The second kappa shape index (κ2) is 5.71. The zero-order valence-electron chi connectivity index (χ0n) is 9.55. The van der Waals surface area contributed by atoms with Crippen LogP contribution in [0.4, 0.5) is 0 Å². The predicted molar refractivity (Wildman–Crippen MR) is 62.6 cm³/mol. The van der Waals surface area contributed by atoms with Crippen molar-refractivity contribution >= 4 is 5.91 Å². The summed E-state index contributed by atoms with van der Waals surface area (Å²) in [6.45, 7) is 6.00. The van der Waals surface area contributed by atoms with Gasteiger partial charge in [-0.3, -0.25) is 4.79 Å². The summed E-state index contributed by atoms with van der Waals surface area (Å²) in [5.41, 5.74) is -0.0391. The van der Waals surface area contributed by atoms with Crippen LogP contribution in [-0.2, 0) is 4.79 Å². The number of nitrogens with one attached hydrogen (secondary N) is 2. The van der Waals surface area contributed by atoms with Gasteiger partial charge in [0.2, 0.25) is 5.91 Å². The molecule has 1 fully saturated rings. The summed E-state index contributed by atoms with van der Waals surface area (Å²) in [5.74, 6) is -0.00231. The maximum absolute atomic E-state index is 11.5. The minimum absolute atomic E-state index is 0.00231. The Bertz CT molecular complexity index is 263. The standard InChI is InChI=1S/C12H20N2O/c1-3-4-5-6-11(15)14-12(2)7-9-13-10-8-12/h3-6,13H,7-10H2,1-2H3,(H,14,15). The first-order chi connectivity index (χ1) is 7.16. The van der Waals surface area contributed by atoms with Crippen molar-refractivity contribution in [3.63, 3.8) is 0 Å². The monoisotopic (exact) mass is 208 g/mol. The highest BCUT2D eigenvalue weighted by Crippen LogP contribution is 2.16. The zero-order valence-corrected chi connectivity index (χ0v) is 9.55. The summed E-state index contributed by atoms with van der Waals surface area (Å²) in [5, 5.41) is 6.34. The molecule has 0 bridgehead atoms. The van der Waals surface area contributed by atoms with Crippen molar-refractivity contribution in [2.75, 3.05) is 13.1 Å². The molecule has 1 aliphatic heterocycles. The zero-order chi connectivity index (χ0) is 11.1. The summed E-state index contributed by atoms with van der Waals surface area (Å²) in [6, 6.07) is 0. The van der Waals surface area contributed by atoms with E-state index in [0.717, 1.165) is 25.9 Å². The minimum atomic E-state index is -0.0391. The summed E-state index contributed by atoms with van der Waals surface area (Å²) < 4.78 is 0. The summed E-state index contributed by atoms with van der Waals surface area (Å²) in [6.07, 6.45) is 9.08. The Kier molecular flexibility index (Phi) is 4.56. The quantitative estimate of drug-likeness (QED) is 0.543. The van der Waals surface area contributed by atoms with Gasteiger partial charge in [-0.1, -0.05) is 18.2 Å². The third-order valence-corrected chi connectivity index (χ3v) is 2.68. The van der Waals surface area contributed by atoms with Crippen molar-refractivity contribution in [3.8, 4) is 0 Å². The van der Waals surface area contributed by atoms with Crippen LogP contribution < -0.4 is 10.6 Å². The molecule has 0 radical (unpaired) electrons. The van der Waals surface area contributed by atoms with Crippen molar-refractivity contribution in [1.82, 2.24) is 10.6 Å². The highest BCUT2D eigenvalue weighted by molar-refractivity contribution is 5.88. The van der Waals surface area contributed by atoms with Crippen molar-refractivity contribution < 1.29 is 4.79 Å². The highest BCUT2D eigenvalue weighted by Gasteiger charge is 2.27. The van der Waals surface area contributed by atoms with E-state index in [4.69, 9.17) is 0 Å². The van der Waals surface area contributed by atoms with E-state index in [9.17, 15) is 4.79 Å². The van der Waals surface area contributed by atoms with Gasteiger partial charge in [0.05, 0.1) is 0 Å². The first-order valence-electron chi connectivity index (χ1n) is 5.48. The van der Waals surface area contributed by atoms with Crippen LogP contribution in [0.1, 0.15) is 26.7 Å². The predicted octanol–water partition coefficient (Wildman–Crippen LogP) is 1.38. The summed E-state index contributed by atoms with van der Waals surface area (Å²) in [7, 11) is 0. The Balaban J connectivity index is 2.42. The fourth-order valence-electron chi connectivity index (χ4n) is 1.70. The molecule has 84 valence electrons. The molecule has 2 N–H and O–H groups in total. The average molecular weight is 208 g/mol. The van der Waals surface area contributed by atoms with Crippen molar-refractivity contribution in [2.45, 2.75) is 32.2 Å². The second-order valence-corrected chi connectivity index (χ2v) is 4.18. The van der Waals surface area contributed by atoms with Gasteiger partial charge < -0.3 is 10.6 Å². The summed E-state index contributed by atoms with van der Waals surface area (Å²) in [4.78, 5) is 11.5. The summed E-state index contributed by atoms with van der Waals surface area (Å²) >= 11 is 0. The van der Waals surface area contributed by atoms with Crippen LogP contribution in [0.3, 0.4) is 0 Å². The van der Waals surface area contributed by atoms with E-state index in [2.05, 4.69) is 17.6 Å². The van der Waals surface area contributed by atoms with E-state index in [-0.39, 0.29) is 11.4 Å². The minimum Gasteiger partial charge on any atom is -0.347 e. The van der Waals surface area contributed by atoms with Crippen LogP contribution in [0.2, 0.25) is 0 Å². The second-order valence-electron chi connectivity index (χ2n) is 4.18. The molecule has 0 aromatic rings. The smallest absolute Gasteiger partial charge is 0.244 e. The number of rotatable bonds is 3. The molecule has 3 heteroatoms. The van der Waals surface area contributed by atoms with Gasteiger partial charge in [-0.2, -0.15) is 0 Å². The van der Waals surface area contributed by atoms with E-state index in [1.54, 1.807) is 12.2 Å². The van der Waals surface area contributed by atoms with Gasteiger partial charge in [-0.25, -0.2) is 0 Å². The molecule has 0 saturated carbocycles. The van der Waals surface area contributed by atoms with E-state index in [1.807, 2.05) is 19.1 Å². The number of carbonyl (C=O) groups is 1. The molecule has 0 atom stereocenters. The Labute approximate surface area is 91.6 Å². The maximum atomic E-state index is 11.5. The molecule has 0 spiro atoms. The Morgan fingerprint density at radius 3 is 2.60 bits per heavy atom. The van der Waals surface area contributed by atoms with Gasteiger partial charge in [0.1, 0.15) is 0 Å². The number of amides is 1. The molecule has 3 nitrogen and oxygen atoms in total. The number of hydrogen-bond donors (Lipinski definition) is 2. The number of piperidine rings is 1. The molecule has 0 unspecified atom stereocenters. The lowest BCUT2D eigenvalue weighted by molar-refractivity contribution is -0.118. The van der Waals surface area contributed by atoms with Crippen LogP contribution in [0.15, 0.2) is 24.3 Å². The third kappa shape index (κ3) is 4.30. The van der Waals surface area contributed by atoms with Crippen molar-refractivity contribution in [2.24, 2.45) is 0 Å². The molecule has 1 heterocycles. The molecular weight excluding hydrogens is 188 g/mol. The van der Waals surface area contributed by atoms with Gasteiger partial charge >= 0.3 is 0 Å².